The highest BCUT2D eigenvalue weighted by Crippen LogP contribution is 2.39. The average Bonchev–Trinajstić information content (AvgIpc) is 2.44. The van der Waals surface area contributed by atoms with Crippen LogP contribution in [0.1, 0.15) is 0 Å². The molecule has 0 aromatic rings. The van der Waals surface area contributed by atoms with Gasteiger partial charge in [0.2, 0.25) is 29.3 Å². The van der Waals surface area contributed by atoms with Gasteiger partial charge in [-0.15, -0.1) is 0 Å². The van der Waals surface area contributed by atoms with E-state index < -0.39 is 74.6 Å². The Bertz CT molecular complexity index is 253. The molecule has 0 saturated carbocycles. The molecule has 3 atom stereocenters. The Morgan fingerprint density at radius 2 is 0.727 bits per heavy atom. The molecule has 0 aliphatic rings. The monoisotopic (exact) mass is 418 g/mol. The van der Waals surface area contributed by atoms with Gasteiger partial charge in [-0.05, 0) is 0 Å². The topological polar surface area (TPSA) is 27.7 Å². The van der Waals surface area contributed by atoms with Crippen LogP contribution in [0.2, 0.25) is 0 Å². The molecule has 3 unspecified atom stereocenters. The SMILES string of the molecule is FC(F)C(F)[SiH2]OP(O[SiH2]C(F)C(F)F)O[SiH2]C(F)C(F)F. The fourth-order valence-electron chi connectivity index (χ4n) is 0.726. The first-order valence-electron chi connectivity index (χ1n) is 5.60. The molecule has 22 heavy (non-hydrogen) atoms. The highest BCUT2D eigenvalue weighted by Gasteiger charge is 2.29. The summed E-state index contributed by atoms with van der Waals surface area (Å²) in [6, 6.07) is 0. The summed E-state index contributed by atoms with van der Waals surface area (Å²) in [5.41, 5.74) is 0. The fraction of sp³-hybridized carbons (Fsp3) is 1.00. The first kappa shape index (κ1) is 22.3. The van der Waals surface area contributed by atoms with E-state index in [-0.39, 0.29) is 0 Å². The van der Waals surface area contributed by atoms with Crippen LogP contribution in [0.25, 0.3) is 0 Å². The van der Waals surface area contributed by atoms with Gasteiger partial charge in [-0.1, -0.05) is 0 Å². The Kier molecular flexibility index (Phi) is 12.0. The van der Waals surface area contributed by atoms with Crippen molar-refractivity contribution in [2.45, 2.75) is 36.7 Å². The summed E-state index contributed by atoms with van der Waals surface area (Å²) in [5.74, 6) is -7.89. The zero-order valence-electron chi connectivity index (χ0n) is 10.7. The maximum absolute atomic E-state index is 12.7. The van der Waals surface area contributed by atoms with Gasteiger partial charge in [-0.25, -0.2) is 39.5 Å². The number of rotatable bonds is 12. The Morgan fingerprint density at radius 3 is 0.909 bits per heavy atom. The molecular formula is C6H12F9O3PSi3. The van der Waals surface area contributed by atoms with Gasteiger partial charge in [0.1, 0.15) is 0 Å². The van der Waals surface area contributed by atoms with Crippen molar-refractivity contribution >= 4 is 37.9 Å². The van der Waals surface area contributed by atoms with Crippen molar-refractivity contribution in [3.8, 4) is 0 Å². The van der Waals surface area contributed by atoms with Gasteiger partial charge in [0.05, 0.1) is 0 Å². The van der Waals surface area contributed by atoms with Gasteiger partial charge in [0, 0.05) is 0 Å². The minimum atomic E-state index is -3.36. The highest BCUT2D eigenvalue weighted by atomic mass is 31.2. The normalized spacial score (nSPS) is 19.6. The van der Waals surface area contributed by atoms with E-state index in [2.05, 4.69) is 12.6 Å². The largest absolute Gasteiger partial charge is 0.360 e. The number of hydrogen-bond donors (Lipinski definition) is 0. The van der Waals surface area contributed by atoms with Crippen LogP contribution in [0, 0.1) is 0 Å². The Balaban J connectivity index is 4.36. The third kappa shape index (κ3) is 10.2. The number of halogens is 9. The van der Waals surface area contributed by atoms with E-state index in [1.165, 1.54) is 0 Å². The summed E-state index contributed by atoms with van der Waals surface area (Å²) in [7, 11) is -10.6. The molecule has 0 aromatic heterocycles. The standard InChI is InChI=1S/C6H12F9O3PSi3/c7-1(8)4(13)20-16-19(17-21-5(14)2(9)10)18-22-6(15)3(11)12/h1-6H,20-22H2. The van der Waals surface area contributed by atoms with Gasteiger partial charge in [-0.3, -0.25) is 0 Å². The summed E-state index contributed by atoms with van der Waals surface area (Å²) in [5, 5.41) is 0. The molecule has 0 N–H and O–H groups in total. The van der Waals surface area contributed by atoms with Crippen LogP contribution >= 0.6 is 8.60 Å². The summed E-state index contributed by atoms with van der Waals surface area (Å²) >= 11 is 0. The number of alkyl halides is 9. The third-order valence-electron chi connectivity index (χ3n) is 1.84. The fourth-order valence-corrected chi connectivity index (χ4v) is 7.24. The molecule has 0 radical (unpaired) electrons. The van der Waals surface area contributed by atoms with E-state index >= 15 is 0 Å². The predicted molar refractivity (Wildman–Crippen MR) is 68.5 cm³/mol. The summed E-state index contributed by atoms with van der Waals surface area (Å²) in [6.07, 6.45) is -10.1. The number of hydrogen-bond acceptors (Lipinski definition) is 3. The smallest absolute Gasteiger partial charge is 0.298 e. The zero-order chi connectivity index (χ0) is 17.3. The van der Waals surface area contributed by atoms with Crippen molar-refractivity contribution in [1.82, 2.24) is 0 Å². The Morgan fingerprint density at radius 1 is 0.500 bits per heavy atom. The van der Waals surface area contributed by atoms with Crippen LogP contribution in [0.5, 0.6) is 0 Å². The molecular weight excluding hydrogens is 406 g/mol. The van der Waals surface area contributed by atoms with Crippen LogP contribution < -0.4 is 0 Å². The molecule has 0 heterocycles. The average molecular weight is 418 g/mol. The molecule has 0 bridgehead atoms. The zero-order valence-corrected chi connectivity index (χ0v) is 15.8. The summed E-state index contributed by atoms with van der Waals surface area (Å²) in [4.78, 5) is 0. The Hall–Kier alpha value is 0.331. The van der Waals surface area contributed by atoms with Gasteiger partial charge in [0.15, 0.2) is 17.4 Å². The minimum absolute atomic E-state index is 2.60. The summed E-state index contributed by atoms with van der Waals surface area (Å²) < 4.78 is 123. The molecule has 0 amide bonds. The molecule has 0 rings (SSSR count). The lowest BCUT2D eigenvalue weighted by Gasteiger charge is -2.20. The van der Waals surface area contributed by atoms with Gasteiger partial charge in [0.25, 0.3) is 27.9 Å². The van der Waals surface area contributed by atoms with Crippen molar-refractivity contribution in [2.75, 3.05) is 0 Å². The molecule has 0 aliphatic heterocycles. The Labute approximate surface area is 127 Å². The quantitative estimate of drug-likeness (QED) is 0.271. The van der Waals surface area contributed by atoms with Crippen LogP contribution in [0.3, 0.4) is 0 Å². The van der Waals surface area contributed by atoms with E-state index in [4.69, 9.17) is 0 Å². The van der Waals surface area contributed by atoms with Crippen molar-refractivity contribution in [2.24, 2.45) is 0 Å². The highest BCUT2D eigenvalue weighted by molar-refractivity contribution is 7.45. The second-order valence-electron chi connectivity index (χ2n) is 3.66. The molecule has 134 valence electrons. The maximum Gasteiger partial charge on any atom is 0.298 e. The molecule has 0 aromatic carbocycles. The molecule has 0 aliphatic carbocycles. The lowest BCUT2D eigenvalue weighted by atomic mass is 10.8. The first-order chi connectivity index (χ1) is 10.1. The van der Waals surface area contributed by atoms with Gasteiger partial charge >= 0.3 is 0 Å². The second kappa shape index (κ2) is 11.8. The van der Waals surface area contributed by atoms with Crippen LogP contribution in [0.4, 0.5) is 39.5 Å². The molecule has 0 saturated heterocycles. The minimum Gasteiger partial charge on any atom is -0.360 e. The van der Waals surface area contributed by atoms with E-state index in [0.29, 0.717) is 0 Å². The molecule has 0 fully saturated rings. The molecule has 16 heteroatoms. The maximum atomic E-state index is 12.7. The van der Waals surface area contributed by atoms with Gasteiger partial charge < -0.3 is 12.6 Å². The van der Waals surface area contributed by atoms with Crippen LogP contribution in [0.15, 0.2) is 0 Å². The molecule has 0 spiro atoms. The summed E-state index contributed by atoms with van der Waals surface area (Å²) in [6.45, 7) is 0. The van der Waals surface area contributed by atoms with E-state index in [9.17, 15) is 39.5 Å². The first-order valence-corrected chi connectivity index (χ1v) is 10.9. The lowest BCUT2D eigenvalue weighted by molar-refractivity contribution is 0.0821. The van der Waals surface area contributed by atoms with Crippen LogP contribution in [-0.4, -0.2) is 66.0 Å². The van der Waals surface area contributed by atoms with Crippen LogP contribution in [-0.2, 0) is 12.6 Å². The third-order valence-corrected chi connectivity index (χ3v) is 8.18. The van der Waals surface area contributed by atoms with Crippen molar-refractivity contribution in [3.05, 3.63) is 0 Å². The van der Waals surface area contributed by atoms with Crippen molar-refractivity contribution in [3.63, 3.8) is 0 Å². The second-order valence-corrected chi connectivity index (χ2v) is 10.5. The van der Waals surface area contributed by atoms with Crippen molar-refractivity contribution in [1.29, 1.82) is 0 Å². The van der Waals surface area contributed by atoms with E-state index in [0.717, 1.165) is 0 Å². The lowest BCUT2D eigenvalue weighted by Crippen LogP contribution is -2.26. The van der Waals surface area contributed by atoms with E-state index in [1.807, 2.05) is 0 Å². The van der Waals surface area contributed by atoms with E-state index in [1.54, 1.807) is 0 Å². The predicted octanol–water partition coefficient (Wildman–Crippen LogP) is 1.20. The van der Waals surface area contributed by atoms with Gasteiger partial charge in [-0.2, -0.15) is 0 Å². The molecule has 3 nitrogen and oxygen atoms in total. The van der Waals surface area contributed by atoms with Crippen molar-refractivity contribution < 1.29 is 52.2 Å².